The fraction of sp³-hybridized carbons (Fsp3) is 0.400. The van der Waals surface area contributed by atoms with Gasteiger partial charge in [-0.15, -0.1) is 0 Å². The number of carboxylic acid groups (broad SMARTS) is 1. The Kier molecular flexibility index (Phi) is 3.70. The van der Waals surface area contributed by atoms with Crippen LogP contribution in [0.5, 0.6) is 0 Å². The molecule has 6 nitrogen and oxygen atoms in total. The molecule has 0 atom stereocenters. The molecular weight excluding hydrogens is 270 g/mol. The molecule has 1 aliphatic rings. The zero-order chi connectivity index (χ0) is 14.8. The van der Waals surface area contributed by atoms with Crippen molar-refractivity contribution in [2.45, 2.75) is 31.8 Å². The van der Waals surface area contributed by atoms with E-state index in [0.29, 0.717) is 30.5 Å². The van der Waals surface area contributed by atoms with Gasteiger partial charge in [0.1, 0.15) is 0 Å². The van der Waals surface area contributed by atoms with E-state index in [1.54, 1.807) is 12.1 Å². The van der Waals surface area contributed by atoms with Gasteiger partial charge in [-0.2, -0.15) is 4.98 Å². The van der Waals surface area contributed by atoms with Crippen LogP contribution >= 0.6 is 0 Å². The maximum Gasteiger partial charge on any atom is 0.335 e. The maximum atomic E-state index is 10.8. The summed E-state index contributed by atoms with van der Waals surface area (Å²) in [5, 5.41) is 12.9. The van der Waals surface area contributed by atoms with E-state index in [9.17, 15) is 4.79 Å². The topological polar surface area (TPSA) is 79.5 Å². The fourth-order valence-corrected chi connectivity index (χ4v) is 2.19. The molecule has 2 aromatic rings. The lowest BCUT2D eigenvalue weighted by atomic mass is 10.1. The van der Waals surface area contributed by atoms with Crippen molar-refractivity contribution in [3.05, 3.63) is 47.1 Å². The first-order valence-corrected chi connectivity index (χ1v) is 6.95. The molecule has 0 bridgehead atoms. The lowest BCUT2D eigenvalue weighted by molar-refractivity contribution is 0.0697. The third kappa shape index (κ3) is 3.46. The summed E-state index contributed by atoms with van der Waals surface area (Å²) >= 11 is 0. The second-order valence-corrected chi connectivity index (χ2v) is 5.49. The standard InChI is InChI=1S/C15H17N3O3/c1-18(8-10-2-4-12(5-3-10)15(19)20)9-13-16-14(17-21-13)11-6-7-11/h2-5,11H,6-9H2,1H3,(H,19,20). The molecule has 3 rings (SSSR count). The molecule has 0 radical (unpaired) electrons. The average Bonchev–Trinajstić information content (AvgIpc) is 3.20. The van der Waals surface area contributed by atoms with E-state index in [1.807, 2.05) is 19.2 Å². The molecule has 0 spiro atoms. The van der Waals surface area contributed by atoms with Crippen molar-refractivity contribution < 1.29 is 14.4 Å². The first kappa shape index (κ1) is 13.8. The number of aromatic carboxylic acids is 1. The predicted molar refractivity (Wildman–Crippen MR) is 74.8 cm³/mol. The Morgan fingerprint density at radius 3 is 2.67 bits per heavy atom. The Balaban J connectivity index is 1.57. The van der Waals surface area contributed by atoms with Gasteiger partial charge in [-0.05, 0) is 37.6 Å². The summed E-state index contributed by atoms with van der Waals surface area (Å²) in [4.78, 5) is 17.2. The molecule has 1 aromatic heterocycles. The summed E-state index contributed by atoms with van der Waals surface area (Å²) in [6.45, 7) is 1.28. The van der Waals surface area contributed by atoms with Crippen molar-refractivity contribution in [1.29, 1.82) is 0 Å². The third-order valence-corrected chi connectivity index (χ3v) is 3.48. The minimum atomic E-state index is -0.909. The second-order valence-electron chi connectivity index (χ2n) is 5.49. The fourth-order valence-electron chi connectivity index (χ4n) is 2.19. The van der Waals surface area contributed by atoms with E-state index in [4.69, 9.17) is 9.63 Å². The summed E-state index contributed by atoms with van der Waals surface area (Å²) in [6, 6.07) is 6.87. The van der Waals surface area contributed by atoms with Crippen molar-refractivity contribution in [2.75, 3.05) is 7.05 Å². The summed E-state index contributed by atoms with van der Waals surface area (Å²) in [6.07, 6.45) is 2.31. The lowest BCUT2D eigenvalue weighted by Gasteiger charge is -2.14. The van der Waals surface area contributed by atoms with Crippen LogP contribution in [0.1, 0.15) is 46.4 Å². The number of hydrogen-bond donors (Lipinski definition) is 1. The van der Waals surface area contributed by atoms with E-state index in [1.165, 1.54) is 0 Å². The lowest BCUT2D eigenvalue weighted by Crippen LogP contribution is -2.17. The molecule has 1 aromatic carbocycles. The van der Waals surface area contributed by atoms with E-state index >= 15 is 0 Å². The molecule has 0 unspecified atom stereocenters. The zero-order valence-corrected chi connectivity index (χ0v) is 11.8. The largest absolute Gasteiger partial charge is 0.478 e. The summed E-state index contributed by atoms with van der Waals surface area (Å²) in [5.41, 5.74) is 1.34. The minimum absolute atomic E-state index is 0.298. The first-order valence-electron chi connectivity index (χ1n) is 6.95. The van der Waals surface area contributed by atoms with Gasteiger partial charge in [0.2, 0.25) is 5.89 Å². The summed E-state index contributed by atoms with van der Waals surface area (Å²) < 4.78 is 5.24. The molecule has 110 valence electrons. The smallest absolute Gasteiger partial charge is 0.335 e. The van der Waals surface area contributed by atoms with Gasteiger partial charge >= 0.3 is 5.97 Å². The molecule has 1 heterocycles. The average molecular weight is 287 g/mol. The maximum absolute atomic E-state index is 10.8. The number of hydrogen-bond acceptors (Lipinski definition) is 5. The van der Waals surface area contributed by atoms with Crippen LogP contribution in [0.15, 0.2) is 28.8 Å². The van der Waals surface area contributed by atoms with E-state index in [-0.39, 0.29) is 0 Å². The highest BCUT2D eigenvalue weighted by atomic mass is 16.5. The Morgan fingerprint density at radius 2 is 2.05 bits per heavy atom. The molecule has 1 saturated carbocycles. The quantitative estimate of drug-likeness (QED) is 0.878. The van der Waals surface area contributed by atoms with E-state index in [0.717, 1.165) is 24.2 Å². The van der Waals surface area contributed by atoms with E-state index < -0.39 is 5.97 Å². The van der Waals surface area contributed by atoms with Crippen LogP contribution in [0, 0.1) is 0 Å². The van der Waals surface area contributed by atoms with Gasteiger partial charge in [0.25, 0.3) is 0 Å². The molecule has 1 fully saturated rings. The van der Waals surface area contributed by atoms with Gasteiger partial charge in [0, 0.05) is 12.5 Å². The van der Waals surface area contributed by atoms with Crippen molar-refractivity contribution >= 4 is 5.97 Å². The van der Waals surface area contributed by atoms with Gasteiger partial charge in [0.05, 0.1) is 12.1 Å². The number of aromatic nitrogens is 2. The van der Waals surface area contributed by atoms with Crippen LogP contribution in [0.25, 0.3) is 0 Å². The van der Waals surface area contributed by atoms with Crippen LogP contribution in [0.2, 0.25) is 0 Å². The van der Waals surface area contributed by atoms with Crippen LogP contribution in [0.4, 0.5) is 0 Å². The molecule has 0 aliphatic heterocycles. The van der Waals surface area contributed by atoms with Crippen LogP contribution in [0.3, 0.4) is 0 Å². The number of carboxylic acids is 1. The minimum Gasteiger partial charge on any atom is -0.478 e. The highest BCUT2D eigenvalue weighted by Crippen LogP contribution is 2.38. The molecule has 1 N–H and O–H groups in total. The summed E-state index contributed by atoms with van der Waals surface area (Å²) in [7, 11) is 1.96. The normalized spacial score (nSPS) is 14.6. The molecular formula is C15H17N3O3. The van der Waals surface area contributed by atoms with Gasteiger partial charge in [-0.1, -0.05) is 17.3 Å². The Labute approximate surface area is 122 Å². The van der Waals surface area contributed by atoms with Gasteiger partial charge < -0.3 is 9.63 Å². The van der Waals surface area contributed by atoms with Crippen molar-refractivity contribution in [2.24, 2.45) is 0 Å². The first-order chi connectivity index (χ1) is 10.1. The second kappa shape index (κ2) is 5.65. The van der Waals surface area contributed by atoms with Crippen LogP contribution < -0.4 is 0 Å². The Morgan fingerprint density at radius 1 is 1.33 bits per heavy atom. The third-order valence-electron chi connectivity index (χ3n) is 3.48. The molecule has 1 aliphatic carbocycles. The number of rotatable bonds is 6. The molecule has 21 heavy (non-hydrogen) atoms. The molecule has 6 heteroatoms. The zero-order valence-electron chi connectivity index (χ0n) is 11.8. The predicted octanol–water partition coefficient (Wildman–Crippen LogP) is 2.28. The highest BCUT2D eigenvalue weighted by Gasteiger charge is 2.28. The molecule has 0 amide bonds. The monoisotopic (exact) mass is 287 g/mol. The Bertz CT molecular complexity index is 632. The number of nitrogens with zero attached hydrogens (tertiary/aromatic N) is 3. The van der Waals surface area contributed by atoms with Crippen LogP contribution in [-0.2, 0) is 13.1 Å². The SMILES string of the molecule is CN(Cc1ccc(C(=O)O)cc1)Cc1nc(C2CC2)no1. The van der Waals surface area contributed by atoms with Crippen molar-refractivity contribution in [3.63, 3.8) is 0 Å². The van der Waals surface area contributed by atoms with Crippen molar-refractivity contribution in [3.8, 4) is 0 Å². The summed E-state index contributed by atoms with van der Waals surface area (Å²) in [5.74, 6) is 1.04. The number of benzene rings is 1. The van der Waals surface area contributed by atoms with Gasteiger partial charge in [-0.25, -0.2) is 4.79 Å². The molecule has 0 saturated heterocycles. The van der Waals surface area contributed by atoms with Gasteiger partial charge in [0.15, 0.2) is 5.82 Å². The highest BCUT2D eigenvalue weighted by molar-refractivity contribution is 5.87. The Hall–Kier alpha value is -2.21. The number of carbonyl (C=O) groups is 1. The van der Waals surface area contributed by atoms with E-state index in [2.05, 4.69) is 15.0 Å². The van der Waals surface area contributed by atoms with Gasteiger partial charge in [-0.3, -0.25) is 4.90 Å². The van der Waals surface area contributed by atoms with Crippen molar-refractivity contribution in [1.82, 2.24) is 15.0 Å². The van der Waals surface area contributed by atoms with Crippen LogP contribution in [-0.4, -0.2) is 33.2 Å².